The maximum absolute atomic E-state index is 13.8. The molecule has 1 saturated carbocycles. The number of hydrogen-bond donors (Lipinski definition) is 1. The summed E-state index contributed by atoms with van der Waals surface area (Å²) in [5.74, 6) is 0.574. The minimum Gasteiger partial charge on any atom is -0.324 e. The van der Waals surface area contributed by atoms with Crippen LogP contribution in [-0.4, -0.2) is 0 Å². The summed E-state index contributed by atoms with van der Waals surface area (Å²) in [6.45, 7) is 1.77. The van der Waals surface area contributed by atoms with Gasteiger partial charge in [0.2, 0.25) is 0 Å². The minimum atomic E-state index is -0.159. The number of rotatable bonds is 3. The molecule has 0 aromatic heterocycles. The lowest BCUT2D eigenvalue weighted by molar-refractivity contribution is 0.538. The molecule has 3 heteroatoms. The molecular formula is C12H15BrFN. The summed E-state index contributed by atoms with van der Waals surface area (Å²) >= 11 is 3.38. The zero-order valence-corrected chi connectivity index (χ0v) is 10.3. The molecule has 1 aromatic rings. The molecule has 1 aliphatic rings. The highest BCUT2D eigenvalue weighted by Gasteiger charge is 2.26. The molecule has 1 aromatic carbocycles. The Kier molecular flexibility index (Phi) is 3.12. The lowest BCUT2D eigenvalue weighted by atomic mass is 9.99. The highest BCUT2D eigenvalue weighted by Crippen LogP contribution is 2.37. The highest BCUT2D eigenvalue weighted by atomic mass is 79.9. The fourth-order valence-corrected chi connectivity index (χ4v) is 2.45. The molecular weight excluding hydrogens is 257 g/mol. The summed E-state index contributed by atoms with van der Waals surface area (Å²) in [6.07, 6.45) is 3.41. The summed E-state index contributed by atoms with van der Waals surface area (Å²) < 4.78 is 14.7. The van der Waals surface area contributed by atoms with Crippen molar-refractivity contribution >= 4 is 15.9 Å². The van der Waals surface area contributed by atoms with E-state index in [1.165, 1.54) is 12.8 Å². The Bertz CT molecular complexity index is 374. The van der Waals surface area contributed by atoms with Crippen LogP contribution in [0.1, 0.15) is 36.4 Å². The van der Waals surface area contributed by atoms with Crippen molar-refractivity contribution in [2.45, 2.75) is 32.2 Å². The van der Waals surface area contributed by atoms with Gasteiger partial charge in [-0.25, -0.2) is 4.39 Å². The van der Waals surface area contributed by atoms with Gasteiger partial charge in [0.1, 0.15) is 5.82 Å². The average Bonchev–Trinajstić information content (AvgIpc) is 2.94. The number of hydrogen-bond acceptors (Lipinski definition) is 1. The summed E-state index contributed by atoms with van der Waals surface area (Å²) in [5.41, 5.74) is 7.32. The van der Waals surface area contributed by atoms with E-state index in [-0.39, 0.29) is 11.9 Å². The first-order valence-corrected chi connectivity index (χ1v) is 6.08. The van der Waals surface area contributed by atoms with Gasteiger partial charge in [0.05, 0.1) is 0 Å². The van der Waals surface area contributed by atoms with Crippen molar-refractivity contribution in [3.8, 4) is 0 Å². The van der Waals surface area contributed by atoms with Crippen LogP contribution in [-0.2, 0) is 0 Å². The van der Waals surface area contributed by atoms with Crippen molar-refractivity contribution in [3.63, 3.8) is 0 Å². The molecule has 0 saturated heterocycles. The Morgan fingerprint density at radius 1 is 1.53 bits per heavy atom. The minimum absolute atomic E-state index is 0.147. The van der Waals surface area contributed by atoms with Gasteiger partial charge in [0, 0.05) is 16.1 Å². The smallest absolute Gasteiger partial charge is 0.130 e. The fraction of sp³-hybridized carbons (Fsp3) is 0.500. The summed E-state index contributed by atoms with van der Waals surface area (Å²) in [5, 5.41) is 0. The predicted molar refractivity (Wildman–Crippen MR) is 63.1 cm³/mol. The molecule has 0 radical (unpaired) electrons. The molecule has 1 fully saturated rings. The average molecular weight is 272 g/mol. The zero-order chi connectivity index (χ0) is 11.0. The Balaban J connectivity index is 2.24. The third-order valence-electron chi connectivity index (χ3n) is 2.93. The molecule has 0 spiro atoms. The van der Waals surface area contributed by atoms with Crippen LogP contribution in [0.5, 0.6) is 0 Å². The molecule has 2 N–H and O–H groups in total. The molecule has 1 aliphatic carbocycles. The molecule has 0 unspecified atom stereocenters. The topological polar surface area (TPSA) is 26.0 Å². The van der Waals surface area contributed by atoms with Crippen molar-refractivity contribution in [1.29, 1.82) is 0 Å². The first-order chi connectivity index (χ1) is 7.08. The second-order valence-corrected chi connectivity index (χ2v) is 5.33. The van der Waals surface area contributed by atoms with E-state index in [9.17, 15) is 4.39 Å². The van der Waals surface area contributed by atoms with Crippen molar-refractivity contribution in [2.24, 2.45) is 11.7 Å². The van der Waals surface area contributed by atoms with E-state index in [4.69, 9.17) is 5.73 Å². The van der Waals surface area contributed by atoms with E-state index < -0.39 is 0 Å². The molecule has 1 atom stereocenters. The van der Waals surface area contributed by atoms with Crippen LogP contribution in [0.15, 0.2) is 16.6 Å². The van der Waals surface area contributed by atoms with Crippen LogP contribution in [0.2, 0.25) is 0 Å². The largest absolute Gasteiger partial charge is 0.324 e. The van der Waals surface area contributed by atoms with Gasteiger partial charge in [0.15, 0.2) is 0 Å². The van der Waals surface area contributed by atoms with Gasteiger partial charge in [-0.15, -0.1) is 0 Å². The molecule has 0 bridgehead atoms. The molecule has 0 aliphatic heterocycles. The fourth-order valence-electron chi connectivity index (χ4n) is 1.86. The monoisotopic (exact) mass is 271 g/mol. The van der Waals surface area contributed by atoms with E-state index in [0.717, 1.165) is 16.8 Å². The number of nitrogens with two attached hydrogens (primary N) is 1. The van der Waals surface area contributed by atoms with Gasteiger partial charge in [-0.3, -0.25) is 0 Å². The van der Waals surface area contributed by atoms with Gasteiger partial charge >= 0.3 is 0 Å². The molecule has 82 valence electrons. The Hall–Kier alpha value is -0.410. The standard InChI is InChI=1S/C12H15BrFN/c1-7-4-9(13)6-10(12(7)14)11(15)5-8-2-3-8/h4,6,8,11H,2-3,5,15H2,1H3/t11-/m0/s1. The van der Waals surface area contributed by atoms with E-state index in [0.29, 0.717) is 11.1 Å². The molecule has 2 rings (SSSR count). The third kappa shape index (κ3) is 2.58. The van der Waals surface area contributed by atoms with Gasteiger partial charge < -0.3 is 5.73 Å². The second kappa shape index (κ2) is 4.22. The van der Waals surface area contributed by atoms with Crippen LogP contribution in [0.4, 0.5) is 4.39 Å². The first kappa shape index (κ1) is 11.1. The van der Waals surface area contributed by atoms with Crippen LogP contribution in [0.3, 0.4) is 0 Å². The summed E-state index contributed by atoms with van der Waals surface area (Å²) in [7, 11) is 0. The van der Waals surface area contributed by atoms with Gasteiger partial charge in [0.25, 0.3) is 0 Å². The van der Waals surface area contributed by atoms with E-state index in [1.54, 1.807) is 19.1 Å². The number of halogens is 2. The lowest BCUT2D eigenvalue weighted by Crippen LogP contribution is -2.13. The first-order valence-electron chi connectivity index (χ1n) is 5.29. The second-order valence-electron chi connectivity index (χ2n) is 4.41. The highest BCUT2D eigenvalue weighted by molar-refractivity contribution is 9.10. The van der Waals surface area contributed by atoms with Gasteiger partial charge in [-0.1, -0.05) is 28.8 Å². The van der Waals surface area contributed by atoms with Crippen molar-refractivity contribution in [3.05, 3.63) is 33.5 Å². The molecule has 15 heavy (non-hydrogen) atoms. The van der Waals surface area contributed by atoms with Crippen LogP contribution < -0.4 is 5.73 Å². The predicted octanol–water partition coefficient (Wildman–Crippen LogP) is 3.70. The molecule has 0 amide bonds. The van der Waals surface area contributed by atoms with E-state index >= 15 is 0 Å². The molecule has 1 nitrogen and oxygen atoms in total. The summed E-state index contributed by atoms with van der Waals surface area (Å²) in [4.78, 5) is 0. The Labute approximate surface area is 98.0 Å². The molecule has 0 heterocycles. The Morgan fingerprint density at radius 2 is 2.20 bits per heavy atom. The lowest BCUT2D eigenvalue weighted by Gasteiger charge is -2.14. The van der Waals surface area contributed by atoms with E-state index in [2.05, 4.69) is 15.9 Å². The zero-order valence-electron chi connectivity index (χ0n) is 8.76. The maximum Gasteiger partial charge on any atom is 0.130 e. The summed E-state index contributed by atoms with van der Waals surface area (Å²) in [6, 6.07) is 3.42. The SMILES string of the molecule is Cc1cc(Br)cc([C@@H](N)CC2CC2)c1F. The van der Waals surface area contributed by atoms with Crippen molar-refractivity contribution < 1.29 is 4.39 Å². The quantitative estimate of drug-likeness (QED) is 0.892. The van der Waals surface area contributed by atoms with Crippen LogP contribution >= 0.6 is 15.9 Å². The van der Waals surface area contributed by atoms with E-state index in [1.807, 2.05) is 0 Å². The Morgan fingerprint density at radius 3 is 2.80 bits per heavy atom. The maximum atomic E-state index is 13.8. The number of benzene rings is 1. The number of aryl methyl sites for hydroxylation is 1. The van der Waals surface area contributed by atoms with Crippen LogP contribution in [0, 0.1) is 18.7 Å². The normalized spacial score (nSPS) is 17.9. The third-order valence-corrected chi connectivity index (χ3v) is 3.39. The van der Waals surface area contributed by atoms with Crippen molar-refractivity contribution in [2.75, 3.05) is 0 Å². The van der Waals surface area contributed by atoms with Gasteiger partial charge in [-0.05, 0) is 37.0 Å². The van der Waals surface area contributed by atoms with Crippen molar-refractivity contribution in [1.82, 2.24) is 0 Å². The van der Waals surface area contributed by atoms with Crippen LogP contribution in [0.25, 0.3) is 0 Å². The van der Waals surface area contributed by atoms with Gasteiger partial charge in [-0.2, -0.15) is 0 Å².